The van der Waals surface area contributed by atoms with Crippen molar-refractivity contribution in [1.82, 2.24) is 20.0 Å². The van der Waals surface area contributed by atoms with Crippen LogP contribution in [-0.4, -0.2) is 159 Å². The van der Waals surface area contributed by atoms with Crippen LogP contribution in [0, 0.1) is 0 Å². The molecule has 122 heavy (non-hydrogen) atoms. The average Bonchev–Trinajstić information content (AvgIpc) is 1.60. The zero-order valence-corrected chi connectivity index (χ0v) is 74.3. The fraction of sp³-hybridized carbons (Fsp3) is 0.429. The summed E-state index contributed by atoms with van der Waals surface area (Å²) in [6.07, 6.45) is 8.15. The van der Waals surface area contributed by atoms with E-state index in [0.29, 0.717) is 68.7 Å². The van der Waals surface area contributed by atoms with Gasteiger partial charge in [0.05, 0.1) is 91.6 Å². The minimum Gasteiger partial charge on any atom is -0.450 e. The Bertz CT molecular complexity index is 4850. The van der Waals surface area contributed by atoms with Crippen molar-refractivity contribution in [2.45, 2.75) is 199 Å². The van der Waals surface area contributed by atoms with Crippen molar-refractivity contribution < 1.29 is 57.3 Å². The highest BCUT2D eigenvalue weighted by Crippen LogP contribution is 2.43. The van der Waals surface area contributed by atoms with E-state index in [-0.39, 0.29) is 47.8 Å². The van der Waals surface area contributed by atoms with Crippen LogP contribution in [0.25, 0.3) is 0 Å². The first kappa shape index (κ1) is 94.4. The van der Waals surface area contributed by atoms with Gasteiger partial charge in [-0.25, -0.2) is 19.2 Å². The molecule has 8 amide bonds. The van der Waals surface area contributed by atoms with Crippen LogP contribution >= 0.6 is 0 Å². The largest absolute Gasteiger partial charge is 0.450 e. The topological polar surface area (TPSA) is 256 Å². The number of aryl methyl sites for hydroxylation is 8. The van der Waals surface area contributed by atoms with E-state index in [0.717, 1.165) is 193 Å². The maximum Gasteiger partial charge on any atom is 0.411 e. The van der Waals surface area contributed by atoms with Crippen LogP contribution in [0.15, 0.2) is 170 Å². The van der Waals surface area contributed by atoms with Gasteiger partial charge in [-0.2, -0.15) is 0 Å². The monoisotopic (exact) mass is 1660 g/mol. The molecule has 0 aliphatic carbocycles. The molecule has 0 unspecified atom stereocenters. The third kappa shape index (κ3) is 25.8. The summed E-state index contributed by atoms with van der Waals surface area (Å²) >= 11 is 0. The van der Waals surface area contributed by atoms with Gasteiger partial charge in [0, 0.05) is 53.3 Å². The van der Waals surface area contributed by atoms with Crippen LogP contribution < -0.4 is 46.2 Å². The van der Waals surface area contributed by atoms with Crippen LogP contribution in [0.5, 0.6) is 0 Å². The standard InChI is InChI=1S/2C25H33N3O3.2C24H31N3O3/c1-6-31-25(30)26-21-14-13-20-12-11-19-9-7-8-10-22(19)28(23(20)15-21)24(29)16-27(17(2)3)18(4)5;1-4-15-27(16-5-2)18-24(29)28-22-10-8-7-9-19(22)11-12-20-13-14-21(17-23(20)28)26-25(30)31-6-3;1-5-24(3,4)25-16-22(28)27-20-10-8-7-9-17(20)11-12-18-13-14-19(15-21(18)27)26-23(29)30-6-2;1-4-26(5-2)16-15-23(28)27-21-10-8-7-9-18(21)11-12-19-13-14-20(17-22(19)27)25-24(29)30-6-3/h7-10,13-15,17-18H,6,11-12,16H2,1-5H3,(H,26,30);7-10,13-14,17H,4-6,11-12,15-16,18H2,1-3H3,(H,26,30);7-10,13-15,25H,5-6,11-12,16H2,1-4H3,(H,26,29);7-10,13-14,17H,4-6,11-12,15-16H2,1-3H3,(H,25,29). The Kier molecular flexibility index (Phi) is 36.0. The molecule has 24 heteroatoms. The molecule has 0 fully saturated rings. The Morgan fingerprint density at radius 3 is 0.902 bits per heavy atom. The van der Waals surface area contributed by atoms with Crippen molar-refractivity contribution in [3.63, 3.8) is 0 Å². The Morgan fingerprint density at radius 1 is 0.344 bits per heavy atom. The molecular weight excluding hydrogens is 1540 g/mol. The van der Waals surface area contributed by atoms with Crippen LogP contribution in [0.3, 0.4) is 0 Å². The van der Waals surface area contributed by atoms with Crippen LogP contribution in [0.4, 0.5) is 87.4 Å². The van der Waals surface area contributed by atoms with Crippen LogP contribution in [0.2, 0.25) is 0 Å². The lowest BCUT2D eigenvalue weighted by Crippen LogP contribution is -2.45. The lowest BCUT2D eigenvalue weighted by molar-refractivity contribution is -0.120. The molecular formula is C98H128N12O12. The number of hydrogen-bond donors (Lipinski definition) is 5. The number of rotatable bonds is 27. The quantitative estimate of drug-likeness (QED) is 0.0300. The molecule has 0 saturated carbocycles. The number of nitrogens with zero attached hydrogens (tertiary/aromatic N) is 7. The maximum absolute atomic E-state index is 13.7. The summed E-state index contributed by atoms with van der Waals surface area (Å²) in [5.41, 5.74) is 18.2. The minimum atomic E-state index is -0.504. The van der Waals surface area contributed by atoms with Gasteiger partial charge < -0.3 is 29.2 Å². The molecule has 0 aromatic heterocycles. The van der Waals surface area contributed by atoms with E-state index in [1.165, 1.54) is 0 Å². The molecule has 4 aliphatic rings. The van der Waals surface area contributed by atoms with Gasteiger partial charge in [0.15, 0.2) is 0 Å². The van der Waals surface area contributed by atoms with Gasteiger partial charge in [-0.05, 0) is 283 Å². The number of hydrogen-bond acceptors (Lipinski definition) is 16. The first-order valence-electron chi connectivity index (χ1n) is 43.7. The number of carbonyl (C=O) groups is 8. The third-order valence-corrected chi connectivity index (χ3v) is 22.2. The normalized spacial score (nSPS) is 12.9. The minimum absolute atomic E-state index is 0.0197. The van der Waals surface area contributed by atoms with Crippen molar-refractivity contribution in [1.29, 1.82) is 0 Å². The number of para-hydroxylation sites is 4. The summed E-state index contributed by atoms with van der Waals surface area (Å²) in [5.74, 6) is 0.100. The summed E-state index contributed by atoms with van der Waals surface area (Å²) in [7, 11) is 0. The van der Waals surface area contributed by atoms with Gasteiger partial charge >= 0.3 is 24.4 Å². The molecule has 4 aliphatic heterocycles. The summed E-state index contributed by atoms with van der Waals surface area (Å²) in [6, 6.07) is 55.7. The van der Waals surface area contributed by atoms with Gasteiger partial charge in [0.2, 0.25) is 23.6 Å². The second-order valence-corrected chi connectivity index (χ2v) is 31.7. The first-order chi connectivity index (χ1) is 58.8. The van der Waals surface area contributed by atoms with Crippen LogP contribution in [-0.2, 0) is 89.5 Å². The summed E-state index contributed by atoms with van der Waals surface area (Å²) in [6.45, 7) is 36.8. The predicted molar refractivity (Wildman–Crippen MR) is 491 cm³/mol. The average molecular weight is 1670 g/mol. The van der Waals surface area contributed by atoms with E-state index in [2.05, 4.69) is 142 Å². The highest BCUT2D eigenvalue weighted by molar-refractivity contribution is 6.07. The van der Waals surface area contributed by atoms with E-state index in [1.807, 2.05) is 160 Å². The lowest BCUT2D eigenvalue weighted by atomic mass is 10.0. The number of fused-ring (bicyclic) bond motifs is 8. The van der Waals surface area contributed by atoms with Crippen LogP contribution in [0.1, 0.15) is 174 Å². The second-order valence-electron chi connectivity index (χ2n) is 31.7. The molecule has 24 nitrogen and oxygen atoms in total. The predicted octanol–water partition coefficient (Wildman–Crippen LogP) is 19.8. The van der Waals surface area contributed by atoms with Gasteiger partial charge in [-0.3, -0.25) is 69.8 Å². The zero-order valence-electron chi connectivity index (χ0n) is 74.3. The van der Waals surface area contributed by atoms with Gasteiger partial charge in [0.1, 0.15) is 0 Å². The van der Waals surface area contributed by atoms with E-state index < -0.39 is 24.4 Å². The Labute approximate surface area is 722 Å². The summed E-state index contributed by atoms with van der Waals surface area (Å²) in [5, 5.41) is 14.4. The van der Waals surface area contributed by atoms with Crippen molar-refractivity contribution in [3.8, 4) is 0 Å². The van der Waals surface area contributed by atoms with E-state index >= 15 is 0 Å². The van der Waals surface area contributed by atoms with Crippen molar-refractivity contribution in [3.05, 3.63) is 214 Å². The summed E-state index contributed by atoms with van der Waals surface area (Å²) < 4.78 is 20.0. The third-order valence-electron chi connectivity index (χ3n) is 22.2. The van der Waals surface area contributed by atoms with Gasteiger partial charge in [0.25, 0.3) is 0 Å². The molecule has 652 valence electrons. The number of carbonyl (C=O) groups excluding carboxylic acids is 8. The molecule has 8 aromatic carbocycles. The van der Waals surface area contributed by atoms with Crippen molar-refractivity contribution in [2.24, 2.45) is 0 Å². The molecule has 0 spiro atoms. The number of amides is 8. The van der Waals surface area contributed by atoms with E-state index in [9.17, 15) is 38.4 Å². The fourth-order valence-corrected chi connectivity index (χ4v) is 15.6. The molecule has 0 saturated heterocycles. The molecule has 8 aromatic rings. The Morgan fingerprint density at radius 2 is 0.623 bits per heavy atom. The Hall–Kier alpha value is -11.4. The molecule has 0 atom stereocenters. The van der Waals surface area contributed by atoms with E-state index in [4.69, 9.17) is 18.9 Å². The summed E-state index contributed by atoms with van der Waals surface area (Å²) in [4.78, 5) is 116. The molecule has 12 rings (SSSR count). The Balaban J connectivity index is 0.000000185. The van der Waals surface area contributed by atoms with Crippen molar-refractivity contribution in [2.75, 3.05) is 120 Å². The molecule has 0 bridgehead atoms. The molecule has 5 N–H and O–H groups in total. The number of ether oxygens (including phenoxy) is 4. The number of anilines is 12. The lowest BCUT2D eigenvalue weighted by Gasteiger charge is -2.33. The van der Waals surface area contributed by atoms with E-state index in [1.54, 1.807) is 32.6 Å². The highest BCUT2D eigenvalue weighted by Gasteiger charge is 2.34. The smallest absolute Gasteiger partial charge is 0.411 e. The SMILES string of the molecule is CCCN(CCC)CC(=O)N1c2ccccc2CCc2ccc(NC(=O)OCC)cc21.CCOC(=O)Nc1ccc2c(c1)N(C(=O)CCN(CC)CC)c1ccccc1CC2.CCOC(=O)Nc1ccc2c(c1)N(C(=O)CN(C(C)C)C(C)C)c1ccccc1CC2.CCOC(=O)Nc1ccc2c(c1)N(C(=O)CNC(C)(C)CC)c1ccccc1CC2. The maximum atomic E-state index is 13.7. The van der Waals surface area contributed by atoms with Gasteiger partial charge in [-0.1, -0.05) is 132 Å². The molecule has 0 radical (unpaired) electrons. The number of nitrogens with one attached hydrogen (secondary N) is 5. The first-order valence-corrected chi connectivity index (χ1v) is 43.7. The number of benzene rings is 8. The fourth-order valence-electron chi connectivity index (χ4n) is 15.6. The highest BCUT2D eigenvalue weighted by atomic mass is 16.6. The second kappa shape index (κ2) is 46.5. The molecule has 4 heterocycles. The van der Waals surface area contributed by atoms with Gasteiger partial charge in [-0.15, -0.1) is 0 Å². The van der Waals surface area contributed by atoms with Crippen molar-refractivity contribution >= 4 is 116 Å². The zero-order chi connectivity index (χ0) is 88.0.